The molecule has 0 atom stereocenters. The first-order valence-corrected chi connectivity index (χ1v) is 7.75. The van der Waals surface area contributed by atoms with Crippen LogP contribution >= 0.6 is 11.6 Å². The molecule has 0 aliphatic carbocycles. The molecular weight excluding hydrogens is 291 g/mol. The Labute approximate surface area is 117 Å². The number of sulfonamides is 1. The molecule has 1 aromatic rings. The molecule has 0 unspecified atom stereocenters. The minimum absolute atomic E-state index is 0.127. The fourth-order valence-corrected chi connectivity index (χ4v) is 4.67. The molecule has 1 aliphatic heterocycles. The van der Waals surface area contributed by atoms with Crippen LogP contribution in [-0.4, -0.2) is 24.8 Å². The van der Waals surface area contributed by atoms with Crippen LogP contribution in [0.1, 0.15) is 26.7 Å². The summed E-state index contributed by atoms with van der Waals surface area (Å²) in [5.74, 6) is -0.946. The maximum atomic E-state index is 14.0. The van der Waals surface area contributed by atoms with Crippen molar-refractivity contribution >= 4 is 27.3 Å². The lowest BCUT2D eigenvalue weighted by molar-refractivity contribution is 0.290. The molecule has 0 aromatic heterocycles. The molecule has 7 heteroatoms. The molecule has 1 heterocycles. The van der Waals surface area contributed by atoms with E-state index >= 15 is 0 Å². The first-order valence-electron chi connectivity index (χ1n) is 5.93. The number of halogens is 2. The predicted molar refractivity (Wildman–Crippen MR) is 73.0 cm³/mol. The molecule has 1 aromatic carbocycles. The van der Waals surface area contributed by atoms with Gasteiger partial charge in [0.15, 0.2) is 5.82 Å². The predicted octanol–water partition coefficient (Wildman–Crippen LogP) is 2.62. The highest BCUT2D eigenvalue weighted by molar-refractivity contribution is 7.89. The Morgan fingerprint density at radius 1 is 1.42 bits per heavy atom. The molecule has 4 nitrogen and oxygen atoms in total. The van der Waals surface area contributed by atoms with E-state index in [1.807, 2.05) is 13.8 Å². The van der Waals surface area contributed by atoms with Crippen molar-refractivity contribution in [1.29, 1.82) is 0 Å². The Kier molecular flexibility index (Phi) is 3.53. The molecule has 1 aliphatic rings. The van der Waals surface area contributed by atoms with Crippen molar-refractivity contribution < 1.29 is 12.8 Å². The van der Waals surface area contributed by atoms with E-state index in [1.165, 1.54) is 10.4 Å². The summed E-state index contributed by atoms with van der Waals surface area (Å²) in [5, 5.41) is -0.282. The zero-order chi connectivity index (χ0) is 14.4. The average molecular weight is 307 g/mol. The summed E-state index contributed by atoms with van der Waals surface area (Å²) in [6.07, 6.45) is 1.49. The van der Waals surface area contributed by atoms with E-state index in [9.17, 15) is 12.8 Å². The van der Waals surface area contributed by atoms with Gasteiger partial charge in [0.25, 0.3) is 0 Å². The molecule has 0 saturated carbocycles. The number of nitrogens with two attached hydrogens (primary N) is 1. The molecule has 1 fully saturated rings. The topological polar surface area (TPSA) is 63.4 Å². The Morgan fingerprint density at radius 3 is 2.58 bits per heavy atom. The van der Waals surface area contributed by atoms with Gasteiger partial charge < -0.3 is 5.73 Å². The average Bonchev–Trinajstić information content (AvgIpc) is 2.63. The van der Waals surface area contributed by atoms with Crippen LogP contribution in [0, 0.1) is 5.82 Å². The van der Waals surface area contributed by atoms with Gasteiger partial charge in [-0.2, -0.15) is 4.31 Å². The van der Waals surface area contributed by atoms with Crippen LogP contribution in [0.15, 0.2) is 17.0 Å². The van der Waals surface area contributed by atoms with Gasteiger partial charge in [-0.3, -0.25) is 0 Å². The van der Waals surface area contributed by atoms with Crippen LogP contribution in [-0.2, 0) is 10.0 Å². The van der Waals surface area contributed by atoms with Crippen molar-refractivity contribution in [1.82, 2.24) is 4.31 Å². The highest BCUT2D eigenvalue weighted by Gasteiger charge is 2.42. The second-order valence-corrected chi connectivity index (χ2v) is 7.55. The summed E-state index contributed by atoms with van der Waals surface area (Å²) >= 11 is 5.66. The molecule has 1 saturated heterocycles. The van der Waals surface area contributed by atoms with E-state index in [1.54, 1.807) is 0 Å². The molecule has 19 heavy (non-hydrogen) atoms. The number of hydrogen-bond acceptors (Lipinski definition) is 3. The Balaban J connectivity index is 2.58. The molecule has 0 amide bonds. The number of anilines is 1. The van der Waals surface area contributed by atoms with Gasteiger partial charge in [-0.25, -0.2) is 12.8 Å². The lowest BCUT2D eigenvalue weighted by Crippen LogP contribution is -2.42. The van der Waals surface area contributed by atoms with Crippen molar-refractivity contribution in [2.24, 2.45) is 0 Å². The summed E-state index contributed by atoms with van der Waals surface area (Å²) in [6, 6.07) is 2.32. The fraction of sp³-hybridized carbons (Fsp3) is 0.500. The van der Waals surface area contributed by atoms with Crippen LogP contribution in [0.3, 0.4) is 0 Å². The number of nitrogens with zero attached hydrogens (tertiary/aromatic N) is 1. The fourth-order valence-electron chi connectivity index (χ4n) is 2.42. The standard InChI is InChI=1S/C12H16ClFN2O2S/c1-12(2)4-3-5-16(12)19(17,18)10-7-8(15)6-9(13)11(10)14/h6-7H,3-5,15H2,1-2H3. The zero-order valence-electron chi connectivity index (χ0n) is 10.8. The number of benzene rings is 1. The third-order valence-corrected chi connectivity index (χ3v) is 5.80. The second kappa shape index (κ2) is 4.61. The van der Waals surface area contributed by atoms with Gasteiger partial charge in [0.1, 0.15) is 4.90 Å². The van der Waals surface area contributed by atoms with E-state index in [2.05, 4.69) is 0 Å². The summed E-state index contributed by atoms with van der Waals surface area (Å²) in [6.45, 7) is 4.02. The van der Waals surface area contributed by atoms with E-state index < -0.39 is 26.3 Å². The second-order valence-electron chi connectivity index (χ2n) is 5.31. The molecule has 0 bridgehead atoms. The molecule has 2 N–H and O–H groups in total. The SMILES string of the molecule is CC1(C)CCCN1S(=O)(=O)c1cc(N)cc(Cl)c1F. The van der Waals surface area contributed by atoms with E-state index in [-0.39, 0.29) is 10.7 Å². The Bertz CT molecular complexity index is 616. The van der Waals surface area contributed by atoms with Crippen LogP contribution in [0.2, 0.25) is 5.02 Å². The van der Waals surface area contributed by atoms with Gasteiger partial charge >= 0.3 is 0 Å². The van der Waals surface area contributed by atoms with Crippen molar-refractivity contribution in [2.45, 2.75) is 37.1 Å². The molecule has 2 rings (SSSR count). The Hall–Kier alpha value is -0.850. The van der Waals surface area contributed by atoms with E-state index in [4.69, 9.17) is 17.3 Å². The van der Waals surface area contributed by atoms with Gasteiger partial charge in [0.2, 0.25) is 10.0 Å². The normalized spacial score (nSPS) is 19.8. The van der Waals surface area contributed by atoms with Gasteiger partial charge in [0.05, 0.1) is 5.02 Å². The summed E-state index contributed by atoms with van der Waals surface area (Å²) < 4.78 is 40.4. The largest absolute Gasteiger partial charge is 0.399 e. The molecule has 0 spiro atoms. The number of hydrogen-bond donors (Lipinski definition) is 1. The van der Waals surface area contributed by atoms with Crippen LogP contribution in [0.4, 0.5) is 10.1 Å². The monoisotopic (exact) mass is 306 g/mol. The summed E-state index contributed by atoms with van der Waals surface area (Å²) in [7, 11) is -3.93. The molecule has 106 valence electrons. The van der Waals surface area contributed by atoms with Gasteiger partial charge in [0, 0.05) is 17.8 Å². The van der Waals surface area contributed by atoms with Crippen LogP contribution in [0.25, 0.3) is 0 Å². The van der Waals surface area contributed by atoms with Crippen LogP contribution in [0.5, 0.6) is 0 Å². The smallest absolute Gasteiger partial charge is 0.246 e. The third kappa shape index (κ3) is 2.44. The van der Waals surface area contributed by atoms with Crippen LogP contribution < -0.4 is 5.73 Å². The maximum absolute atomic E-state index is 14.0. The minimum Gasteiger partial charge on any atom is -0.399 e. The first kappa shape index (κ1) is 14.6. The number of nitrogen functional groups attached to an aromatic ring is 1. The lowest BCUT2D eigenvalue weighted by atomic mass is 10.0. The highest BCUT2D eigenvalue weighted by atomic mass is 35.5. The van der Waals surface area contributed by atoms with Gasteiger partial charge in [-0.1, -0.05) is 11.6 Å². The summed E-state index contributed by atoms with van der Waals surface area (Å²) in [5.41, 5.74) is 5.16. The number of rotatable bonds is 2. The lowest BCUT2D eigenvalue weighted by Gasteiger charge is -2.30. The van der Waals surface area contributed by atoms with Gasteiger partial charge in [-0.05, 0) is 38.8 Å². The molecule has 0 radical (unpaired) electrons. The minimum atomic E-state index is -3.93. The summed E-state index contributed by atoms with van der Waals surface area (Å²) in [4.78, 5) is -0.451. The Morgan fingerprint density at radius 2 is 2.05 bits per heavy atom. The quantitative estimate of drug-likeness (QED) is 0.854. The first-order chi connectivity index (χ1) is 8.66. The highest BCUT2D eigenvalue weighted by Crippen LogP contribution is 2.36. The van der Waals surface area contributed by atoms with Crippen molar-refractivity contribution in [2.75, 3.05) is 12.3 Å². The van der Waals surface area contributed by atoms with E-state index in [0.717, 1.165) is 18.9 Å². The third-order valence-electron chi connectivity index (χ3n) is 3.41. The molecular formula is C12H16ClFN2O2S. The van der Waals surface area contributed by atoms with Crippen molar-refractivity contribution in [3.05, 3.63) is 23.0 Å². The zero-order valence-corrected chi connectivity index (χ0v) is 12.4. The maximum Gasteiger partial charge on any atom is 0.246 e. The van der Waals surface area contributed by atoms with Crippen molar-refractivity contribution in [3.8, 4) is 0 Å². The van der Waals surface area contributed by atoms with Crippen molar-refractivity contribution in [3.63, 3.8) is 0 Å². The van der Waals surface area contributed by atoms with Gasteiger partial charge in [-0.15, -0.1) is 0 Å². The van der Waals surface area contributed by atoms with E-state index in [0.29, 0.717) is 6.54 Å².